The fourth-order valence-electron chi connectivity index (χ4n) is 2.04. The lowest BCUT2D eigenvalue weighted by Gasteiger charge is -2.31. The fraction of sp³-hybridized carbons (Fsp3) is 0.636. The molecule has 0 radical (unpaired) electrons. The van der Waals surface area contributed by atoms with Crippen LogP contribution in [0.25, 0.3) is 0 Å². The molecular formula is C11H16ClN3O4S2. The van der Waals surface area contributed by atoms with Gasteiger partial charge in [-0.1, -0.05) is 22.9 Å². The van der Waals surface area contributed by atoms with Crippen LogP contribution >= 0.6 is 22.9 Å². The molecule has 0 unspecified atom stereocenters. The van der Waals surface area contributed by atoms with Crippen LogP contribution in [0.5, 0.6) is 0 Å². The molecule has 10 heteroatoms. The minimum absolute atomic E-state index is 0.0975. The number of aromatic nitrogens is 1. The van der Waals surface area contributed by atoms with E-state index in [-0.39, 0.29) is 20.8 Å². The van der Waals surface area contributed by atoms with Crippen molar-refractivity contribution in [1.29, 1.82) is 0 Å². The lowest BCUT2D eigenvalue weighted by atomic mass is 10.1. The van der Waals surface area contributed by atoms with Crippen LogP contribution in [0.4, 0.5) is 4.79 Å². The van der Waals surface area contributed by atoms with Crippen LogP contribution in [-0.2, 0) is 14.8 Å². The van der Waals surface area contributed by atoms with Crippen molar-refractivity contribution in [2.45, 2.75) is 30.0 Å². The second kappa shape index (κ2) is 6.91. The predicted molar refractivity (Wildman–Crippen MR) is 79.1 cm³/mol. The second-order valence-corrected chi connectivity index (χ2v) is 8.07. The van der Waals surface area contributed by atoms with Gasteiger partial charge >= 0.3 is 6.09 Å². The lowest BCUT2D eigenvalue weighted by Crippen LogP contribution is -2.46. The Hall–Kier alpha value is -0.900. The summed E-state index contributed by atoms with van der Waals surface area (Å²) in [6.07, 6.45) is 1.98. The number of rotatable bonds is 4. The maximum absolute atomic E-state index is 12.1. The van der Waals surface area contributed by atoms with Crippen molar-refractivity contribution in [3.63, 3.8) is 0 Å². The Morgan fingerprint density at radius 3 is 2.76 bits per heavy atom. The number of nitrogens with zero attached hydrogens (tertiary/aromatic N) is 2. The topological polar surface area (TPSA) is 88.6 Å². The number of carbonyl (C=O) groups excluding carboxylic acids is 1. The normalized spacial score (nSPS) is 17.0. The molecular weight excluding hydrogens is 338 g/mol. The summed E-state index contributed by atoms with van der Waals surface area (Å²) in [6, 6.07) is -0.207. The summed E-state index contributed by atoms with van der Waals surface area (Å²) in [4.78, 5) is 16.9. The average Bonchev–Trinajstić information content (AvgIpc) is 2.87. The molecule has 0 saturated carbocycles. The van der Waals surface area contributed by atoms with E-state index in [1.165, 1.54) is 6.20 Å². The molecule has 1 fully saturated rings. The number of hydrogen-bond donors (Lipinski definition) is 1. The van der Waals surface area contributed by atoms with Crippen molar-refractivity contribution in [3.8, 4) is 0 Å². The van der Waals surface area contributed by atoms with E-state index >= 15 is 0 Å². The molecule has 0 bridgehead atoms. The van der Waals surface area contributed by atoms with Gasteiger partial charge in [-0.25, -0.2) is 22.9 Å². The number of likely N-dealkylation sites (tertiary alicyclic amines) is 1. The highest BCUT2D eigenvalue weighted by atomic mass is 35.5. The van der Waals surface area contributed by atoms with Gasteiger partial charge in [0.15, 0.2) is 8.68 Å². The Labute approximate surface area is 132 Å². The summed E-state index contributed by atoms with van der Waals surface area (Å²) < 4.78 is 32.1. The minimum Gasteiger partial charge on any atom is -0.450 e. The smallest absolute Gasteiger partial charge is 0.409 e. The van der Waals surface area contributed by atoms with E-state index in [0.29, 0.717) is 32.5 Å². The maximum Gasteiger partial charge on any atom is 0.409 e. The quantitative estimate of drug-likeness (QED) is 0.889. The molecule has 1 aliphatic heterocycles. The van der Waals surface area contributed by atoms with Gasteiger partial charge in [0.25, 0.3) is 10.0 Å². The Morgan fingerprint density at radius 1 is 1.57 bits per heavy atom. The molecule has 1 aliphatic rings. The predicted octanol–water partition coefficient (Wildman–Crippen LogP) is 1.70. The number of ether oxygens (including phenoxy) is 1. The Bertz CT molecular complexity index is 596. The molecule has 0 aliphatic carbocycles. The monoisotopic (exact) mass is 353 g/mol. The highest BCUT2D eigenvalue weighted by molar-refractivity contribution is 7.91. The summed E-state index contributed by atoms with van der Waals surface area (Å²) >= 11 is 6.56. The summed E-state index contributed by atoms with van der Waals surface area (Å²) in [7, 11) is -3.60. The number of amides is 1. The van der Waals surface area contributed by atoms with Crippen LogP contribution in [0.2, 0.25) is 4.47 Å². The zero-order valence-electron chi connectivity index (χ0n) is 11.4. The van der Waals surface area contributed by atoms with Gasteiger partial charge in [0.1, 0.15) is 0 Å². The molecule has 1 N–H and O–H groups in total. The van der Waals surface area contributed by atoms with Crippen molar-refractivity contribution in [2.24, 2.45) is 0 Å². The first kappa shape index (κ1) is 16.5. The first-order valence-corrected chi connectivity index (χ1v) is 9.15. The highest BCUT2D eigenvalue weighted by Gasteiger charge is 2.28. The van der Waals surface area contributed by atoms with Gasteiger partial charge in [-0.3, -0.25) is 0 Å². The van der Waals surface area contributed by atoms with Crippen LogP contribution in [-0.4, -0.2) is 50.1 Å². The Morgan fingerprint density at radius 2 is 2.24 bits per heavy atom. The summed E-state index contributed by atoms with van der Waals surface area (Å²) in [5, 5.41) is 0. The van der Waals surface area contributed by atoms with Gasteiger partial charge in [0.2, 0.25) is 0 Å². The van der Waals surface area contributed by atoms with Gasteiger partial charge in [-0.15, -0.1) is 0 Å². The van der Waals surface area contributed by atoms with E-state index in [1.54, 1.807) is 11.8 Å². The molecule has 0 atom stereocenters. The summed E-state index contributed by atoms with van der Waals surface area (Å²) in [6.45, 7) is 3.02. The highest BCUT2D eigenvalue weighted by Crippen LogP contribution is 2.23. The number of piperidine rings is 1. The average molecular weight is 354 g/mol. The van der Waals surface area contributed by atoms with Crippen LogP contribution in [0.3, 0.4) is 0 Å². The van der Waals surface area contributed by atoms with Crippen molar-refractivity contribution >= 4 is 39.1 Å². The lowest BCUT2D eigenvalue weighted by molar-refractivity contribution is 0.0966. The van der Waals surface area contributed by atoms with E-state index in [0.717, 1.165) is 11.3 Å². The van der Waals surface area contributed by atoms with Gasteiger partial charge in [0, 0.05) is 19.1 Å². The van der Waals surface area contributed by atoms with Crippen molar-refractivity contribution in [1.82, 2.24) is 14.6 Å². The molecule has 0 aromatic carbocycles. The summed E-state index contributed by atoms with van der Waals surface area (Å²) in [5.41, 5.74) is 0. The third-order valence-electron chi connectivity index (χ3n) is 3.06. The van der Waals surface area contributed by atoms with Crippen LogP contribution in [0.1, 0.15) is 19.8 Å². The Kier molecular flexibility index (Phi) is 5.42. The first-order chi connectivity index (χ1) is 9.92. The molecule has 1 amide bonds. The number of sulfonamides is 1. The van der Waals surface area contributed by atoms with Gasteiger partial charge in [-0.2, -0.15) is 0 Å². The molecule has 1 aromatic heterocycles. The largest absolute Gasteiger partial charge is 0.450 e. The Balaban J connectivity index is 1.90. The third-order valence-corrected chi connectivity index (χ3v) is 6.16. The molecule has 7 nitrogen and oxygen atoms in total. The number of nitrogens with one attached hydrogen (secondary N) is 1. The maximum atomic E-state index is 12.1. The van der Waals surface area contributed by atoms with Gasteiger partial charge in [-0.05, 0) is 19.8 Å². The van der Waals surface area contributed by atoms with Crippen LogP contribution < -0.4 is 4.72 Å². The number of thiazole rings is 1. The molecule has 2 heterocycles. The number of halogens is 1. The fourth-order valence-corrected chi connectivity index (χ4v) is 4.65. The second-order valence-electron chi connectivity index (χ2n) is 4.51. The van der Waals surface area contributed by atoms with E-state index in [4.69, 9.17) is 16.3 Å². The van der Waals surface area contributed by atoms with Crippen LogP contribution in [0, 0.1) is 0 Å². The molecule has 21 heavy (non-hydrogen) atoms. The molecule has 1 aromatic rings. The molecule has 0 spiro atoms. The van der Waals surface area contributed by atoms with E-state index in [1.807, 2.05) is 0 Å². The molecule has 2 rings (SSSR count). The van der Waals surface area contributed by atoms with Gasteiger partial charge in [0.05, 0.1) is 12.8 Å². The van der Waals surface area contributed by atoms with E-state index in [9.17, 15) is 13.2 Å². The zero-order chi connectivity index (χ0) is 15.5. The standard InChI is InChI=1S/C11H16ClN3O4S2/c1-2-19-11(16)15-5-3-8(4-6-15)14-21(17,18)9-7-13-10(12)20-9/h7-8,14H,2-6H2,1H3. The van der Waals surface area contributed by atoms with Gasteiger partial charge < -0.3 is 9.64 Å². The summed E-state index contributed by atoms with van der Waals surface area (Å²) in [5.74, 6) is 0. The number of carbonyl (C=O) groups is 1. The van der Waals surface area contributed by atoms with E-state index in [2.05, 4.69) is 9.71 Å². The zero-order valence-corrected chi connectivity index (χ0v) is 13.8. The molecule has 1 saturated heterocycles. The first-order valence-electron chi connectivity index (χ1n) is 6.47. The van der Waals surface area contributed by atoms with Crippen molar-refractivity contribution in [2.75, 3.05) is 19.7 Å². The van der Waals surface area contributed by atoms with E-state index < -0.39 is 10.0 Å². The van der Waals surface area contributed by atoms with Crippen molar-refractivity contribution in [3.05, 3.63) is 10.7 Å². The number of hydrogen-bond acceptors (Lipinski definition) is 6. The van der Waals surface area contributed by atoms with Crippen LogP contribution in [0.15, 0.2) is 10.4 Å². The molecule has 118 valence electrons. The third kappa shape index (κ3) is 4.29. The minimum atomic E-state index is -3.60. The van der Waals surface area contributed by atoms with Crippen molar-refractivity contribution < 1.29 is 17.9 Å². The SMILES string of the molecule is CCOC(=O)N1CCC(NS(=O)(=O)c2cnc(Cl)s2)CC1.